The first kappa shape index (κ1) is 30.0. The Bertz CT molecular complexity index is 1790. The molecule has 4 aromatic rings. The summed E-state index contributed by atoms with van der Waals surface area (Å²) in [6, 6.07) is 14.5. The molecular formula is C36H40N6O4. The van der Waals surface area contributed by atoms with Gasteiger partial charge in [-0.25, -0.2) is 4.79 Å². The minimum Gasteiger partial charge on any atom is -0.497 e. The van der Waals surface area contributed by atoms with E-state index in [9.17, 15) is 9.59 Å². The molecule has 3 aliphatic rings. The summed E-state index contributed by atoms with van der Waals surface area (Å²) in [5.74, 6) is 1.75. The van der Waals surface area contributed by atoms with E-state index < -0.39 is 6.03 Å². The zero-order chi connectivity index (χ0) is 31.6. The number of Topliss-reactive ketones (excluding diaryl/α,β-unsaturated/α-hetero) is 1. The van der Waals surface area contributed by atoms with E-state index in [4.69, 9.17) is 9.47 Å². The van der Waals surface area contributed by atoms with E-state index in [1.807, 2.05) is 12.1 Å². The first-order valence-corrected chi connectivity index (χ1v) is 16.1. The molecule has 10 heteroatoms. The highest BCUT2D eigenvalue weighted by atomic mass is 16.5. The van der Waals surface area contributed by atoms with Crippen LogP contribution in [0.25, 0.3) is 17.0 Å². The number of amides is 2. The number of ether oxygens (including phenoxy) is 2. The largest absolute Gasteiger partial charge is 0.497 e. The Hall–Kier alpha value is -4.67. The van der Waals surface area contributed by atoms with Gasteiger partial charge in [-0.05, 0) is 80.4 Å². The predicted octanol–water partition coefficient (Wildman–Crippen LogP) is 6.21. The molecule has 46 heavy (non-hydrogen) atoms. The Morgan fingerprint density at radius 3 is 2.59 bits per heavy atom. The molecule has 2 fully saturated rings. The topological polar surface area (TPSA) is 101 Å². The molecule has 0 bridgehead atoms. The van der Waals surface area contributed by atoms with E-state index in [-0.39, 0.29) is 11.5 Å². The fourth-order valence-corrected chi connectivity index (χ4v) is 6.98. The lowest BCUT2D eigenvalue weighted by molar-refractivity contribution is 0.101. The van der Waals surface area contributed by atoms with Crippen molar-refractivity contribution in [2.45, 2.75) is 38.1 Å². The zero-order valence-electron chi connectivity index (χ0n) is 26.4. The lowest BCUT2D eigenvalue weighted by Crippen LogP contribution is -2.45. The van der Waals surface area contributed by atoms with Crippen molar-refractivity contribution in [3.05, 3.63) is 83.5 Å². The molecule has 10 nitrogen and oxygen atoms in total. The number of rotatable bonds is 8. The summed E-state index contributed by atoms with van der Waals surface area (Å²) in [4.78, 5) is 35.4. The maximum Gasteiger partial charge on any atom is 0.323 e. The summed E-state index contributed by atoms with van der Waals surface area (Å²) < 4.78 is 14.3. The summed E-state index contributed by atoms with van der Waals surface area (Å²) in [6.45, 7) is 6.17. The number of pyridine rings is 1. The molecule has 2 amide bonds. The number of carbonyl (C=O) groups is 2. The van der Waals surface area contributed by atoms with Gasteiger partial charge in [-0.15, -0.1) is 0 Å². The van der Waals surface area contributed by atoms with Gasteiger partial charge in [0.25, 0.3) is 0 Å². The summed E-state index contributed by atoms with van der Waals surface area (Å²) in [7, 11) is 3.87. The van der Waals surface area contributed by atoms with Crippen LogP contribution in [0.2, 0.25) is 0 Å². The van der Waals surface area contributed by atoms with E-state index in [0.29, 0.717) is 28.6 Å². The number of urea groups is 1. The first-order chi connectivity index (χ1) is 22.5. The Balaban J connectivity index is 1.21. The molecule has 4 heterocycles. The number of methoxy groups -OCH3 is 1. The highest BCUT2D eigenvalue weighted by Gasteiger charge is 2.31. The average molecular weight is 621 g/mol. The number of benzene rings is 2. The Labute approximate surface area is 269 Å². The van der Waals surface area contributed by atoms with Crippen LogP contribution in [0.4, 0.5) is 16.2 Å². The molecule has 0 atom stereocenters. The number of nitrogens with one attached hydrogen (secondary N) is 2. The van der Waals surface area contributed by atoms with Crippen LogP contribution in [-0.2, 0) is 6.54 Å². The van der Waals surface area contributed by atoms with Gasteiger partial charge in [-0.1, -0.05) is 12.8 Å². The Morgan fingerprint density at radius 1 is 1.02 bits per heavy atom. The maximum atomic E-state index is 13.8. The van der Waals surface area contributed by atoms with Gasteiger partial charge in [0.1, 0.15) is 11.5 Å². The van der Waals surface area contributed by atoms with Crippen molar-refractivity contribution in [1.82, 2.24) is 19.4 Å². The van der Waals surface area contributed by atoms with Crippen LogP contribution in [0, 0.1) is 0 Å². The van der Waals surface area contributed by atoms with Crippen LogP contribution in [0.1, 0.15) is 53.2 Å². The van der Waals surface area contributed by atoms with Crippen LogP contribution in [-0.4, -0.2) is 78.0 Å². The maximum absolute atomic E-state index is 13.8. The van der Waals surface area contributed by atoms with Gasteiger partial charge in [-0.2, -0.15) is 0 Å². The van der Waals surface area contributed by atoms with Gasteiger partial charge < -0.3 is 29.6 Å². The van der Waals surface area contributed by atoms with Gasteiger partial charge in [-0.3, -0.25) is 14.7 Å². The van der Waals surface area contributed by atoms with Crippen molar-refractivity contribution in [2.75, 3.05) is 57.5 Å². The van der Waals surface area contributed by atoms with Gasteiger partial charge >= 0.3 is 6.03 Å². The van der Waals surface area contributed by atoms with Gasteiger partial charge in [0, 0.05) is 73.3 Å². The lowest BCUT2D eigenvalue weighted by atomic mass is 9.97. The third kappa shape index (κ3) is 6.10. The molecule has 2 aromatic heterocycles. The molecule has 238 valence electrons. The normalized spacial score (nSPS) is 18.2. The molecular weight excluding hydrogens is 580 g/mol. The molecule has 2 N–H and O–H groups in total. The lowest BCUT2D eigenvalue weighted by Gasteiger charge is -2.32. The molecule has 2 aromatic carbocycles. The van der Waals surface area contributed by atoms with Gasteiger partial charge in [0.05, 0.1) is 24.6 Å². The molecule has 1 saturated carbocycles. The summed E-state index contributed by atoms with van der Waals surface area (Å²) in [5.41, 5.74) is 4.95. The van der Waals surface area contributed by atoms with E-state index in [2.05, 4.69) is 49.2 Å². The van der Waals surface area contributed by atoms with Crippen molar-refractivity contribution in [3.8, 4) is 11.5 Å². The second kappa shape index (κ2) is 13.0. The SMILES string of the molecule is COc1ccc2c(c1)c(/C=C1\Oc3ccc(NC(=O)Nc4cccnc4)cc3C1=O)c(C1CCCC1)n2CCN1CCN(C)CC1. The first-order valence-electron chi connectivity index (χ1n) is 16.1. The average Bonchev–Trinajstić information content (AvgIpc) is 3.78. The number of allylic oxidation sites excluding steroid dienone is 1. The Kier molecular flexibility index (Phi) is 8.47. The van der Waals surface area contributed by atoms with E-state index in [1.165, 1.54) is 18.5 Å². The van der Waals surface area contributed by atoms with E-state index in [0.717, 1.165) is 74.3 Å². The molecule has 2 aliphatic heterocycles. The van der Waals surface area contributed by atoms with Crippen LogP contribution in [0.15, 0.2) is 66.7 Å². The standard InChI is InChI=1S/C36H40N6O4/c1-40-14-16-41(17-15-40)18-19-42-31-11-10-27(45-2)21-28(31)29(34(42)24-6-3-4-7-24)22-33-35(43)30-20-25(9-12-32(30)46-33)38-36(44)39-26-8-5-13-37-23-26/h5,8-13,20-24H,3-4,6-7,14-19H2,1-2H3,(H2,38,39,44)/b33-22-. The van der Waals surface area contributed by atoms with Crippen molar-refractivity contribution >= 4 is 40.2 Å². The number of hydrogen-bond acceptors (Lipinski definition) is 7. The zero-order valence-corrected chi connectivity index (χ0v) is 26.4. The van der Waals surface area contributed by atoms with Crippen molar-refractivity contribution in [1.29, 1.82) is 0 Å². The minimum absolute atomic E-state index is 0.204. The van der Waals surface area contributed by atoms with E-state index in [1.54, 1.807) is 49.8 Å². The monoisotopic (exact) mass is 620 g/mol. The van der Waals surface area contributed by atoms with Crippen LogP contribution < -0.4 is 20.1 Å². The second-order valence-corrected chi connectivity index (χ2v) is 12.4. The van der Waals surface area contributed by atoms with Gasteiger partial charge in [0.2, 0.25) is 5.78 Å². The van der Waals surface area contributed by atoms with Crippen LogP contribution in [0.5, 0.6) is 11.5 Å². The number of fused-ring (bicyclic) bond motifs is 2. The van der Waals surface area contributed by atoms with Crippen molar-refractivity contribution in [3.63, 3.8) is 0 Å². The molecule has 7 rings (SSSR count). The molecule has 1 aliphatic carbocycles. The third-order valence-corrected chi connectivity index (χ3v) is 9.45. The number of carbonyl (C=O) groups excluding carboxylic acids is 2. The number of anilines is 2. The second-order valence-electron chi connectivity index (χ2n) is 12.4. The molecule has 1 saturated heterocycles. The predicted molar refractivity (Wildman–Crippen MR) is 180 cm³/mol. The third-order valence-electron chi connectivity index (χ3n) is 9.45. The molecule has 0 unspecified atom stereocenters. The number of aromatic nitrogens is 2. The van der Waals surface area contributed by atoms with Crippen LogP contribution >= 0.6 is 0 Å². The van der Waals surface area contributed by atoms with Gasteiger partial charge in [0.15, 0.2) is 5.76 Å². The fourth-order valence-electron chi connectivity index (χ4n) is 6.98. The number of piperazine rings is 1. The van der Waals surface area contributed by atoms with Crippen molar-refractivity contribution < 1.29 is 19.1 Å². The highest BCUT2D eigenvalue weighted by molar-refractivity contribution is 6.16. The van der Waals surface area contributed by atoms with Crippen LogP contribution in [0.3, 0.4) is 0 Å². The van der Waals surface area contributed by atoms with E-state index >= 15 is 0 Å². The minimum atomic E-state index is -0.422. The summed E-state index contributed by atoms with van der Waals surface area (Å²) in [6.07, 6.45) is 9.80. The quantitative estimate of drug-likeness (QED) is 0.226. The molecule has 0 radical (unpaired) electrons. The van der Waals surface area contributed by atoms with Crippen molar-refractivity contribution in [2.24, 2.45) is 0 Å². The fraction of sp³-hybridized carbons (Fsp3) is 0.361. The number of nitrogens with zero attached hydrogens (tertiary/aromatic N) is 4. The smallest absolute Gasteiger partial charge is 0.323 e. The number of ketones is 1. The number of likely N-dealkylation sites (N-methyl/N-ethyl adjacent to an activating group) is 1. The Morgan fingerprint density at radius 2 is 1.83 bits per heavy atom. The highest BCUT2D eigenvalue weighted by Crippen LogP contribution is 2.43. The molecule has 0 spiro atoms. The summed E-state index contributed by atoms with van der Waals surface area (Å²) >= 11 is 0. The summed E-state index contributed by atoms with van der Waals surface area (Å²) in [5, 5.41) is 6.62. The number of hydrogen-bond donors (Lipinski definition) is 2.